The molecule has 0 amide bonds. The highest BCUT2D eigenvalue weighted by Crippen LogP contribution is 2.23. The van der Waals surface area contributed by atoms with E-state index in [1.165, 1.54) is 25.9 Å². The van der Waals surface area contributed by atoms with E-state index in [1.54, 1.807) is 6.07 Å². The Kier molecular flexibility index (Phi) is 4.87. The fourth-order valence-corrected chi connectivity index (χ4v) is 2.60. The van der Waals surface area contributed by atoms with Gasteiger partial charge in [-0.05, 0) is 50.6 Å². The number of benzene rings is 1. The zero-order chi connectivity index (χ0) is 13.0. The summed E-state index contributed by atoms with van der Waals surface area (Å²) in [5.74, 6) is 0.144. The second-order valence-electron chi connectivity index (χ2n) is 5.01. The van der Waals surface area contributed by atoms with Crippen LogP contribution >= 0.6 is 11.6 Å². The number of likely N-dealkylation sites (tertiary alicyclic amines) is 1. The normalized spacial score (nSPS) is 18.1. The van der Waals surface area contributed by atoms with Crippen LogP contribution in [0.15, 0.2) is 18.2 Å². The molecule has 2 rings (SSSR count). The van der Waals surface area contributed by atoms with Crippen molar-refractivity contribution in [3.63, 3.8) is 0 Å². The highest BCUT2D eigenvalue weighted by molar-refractivity contribution is 6.32. The number of phenols is 1. The lowest BCUT2D eigenvalue weighted by molar-refractivity contribution is 0.251. The number of hydrogen-bond donors (Lipinski definition) is 2. The predicted molar refractivity (Wildman–Crippen MR) is 75.1 cm³/mol. The number of rotatable bonds is 5. The van der Waals surface area contributed by atoms with Crippen molar-refractivity contribution in [2.75, 3.05) is 19.6 Å². The van der Waals surface area contributed by atoms with E-state index in [0.717, 1.165) is 18.7 Å². The van der Waals surface area contributed by atoms with Gasteiger partial charge < -0.3 is 10.4 Å². The minimum absolute atomic E-state index is 0.144. The highest BCUT2D eigenvalue weighted by Gasteiger charge is 2.17. The van der Waals surface area contributed by atoms with Gasteiger partial charge in [0, 0.05) is 19.1 Å². The minimum atomic E-state index is 0.144. The second-order valence-corrected chi connectivity index (χ2v) is 5.42. The Labute approximate surface area is 114 Å². The molecule has 1 atom stereocenters. The Morgan fingerprint density at radius 1 is 1.39 bits per heavy atom. The van der Waals surface area contributed by atoms with Gasteiger partial charge in [-0.1, -0.05) is 17.7 Å². The predicted octanol–water partition coefficient (Wildman–Crippen LogP) is 2.62. The zero-order valence-corrected chi connectivity index (χ0v) is 11.6. The maximum absolute atomic E-state index is 9.34. The van der Waals surface area contributed by atoms with Crippen LogP contribution in [0.4, 0.5) is 0 Å². The minimum Gasteiger partial charge on any atom is -0.506 e. The summed E-state index contributed by atoms with van der Waals surface area (Å²) in [5.41, 5.74) is 1.10. The number of aromatic hydroxyl groups is 1. The molecule has 4 heteroatoms. The summed E-state index contributed by atoms with van der Waals surface area (Å²) in [6.07, 6.45) is 2.66. The SMILES string of the molecule is CC(CNCc1ccc(O)c(Cl)c1)N1CCCC1. The van der Waals surface area contributed by atoms with Gasteiger partial charge in [0.25, 0.3) is 0 Å². The second kappa shape index (κ2) is 6.41. The van der Waals surface area contributed by atoms with Crippen molar-refractivity contribution in [2.24, 2.45) is 0 Å². The maximum Gasteiger partial charge on any atom is 0.134 e. The summed E-state index contributed by atoms with van der Waals surface area (Å²) in [7, 11) is 0. The molecule has 1 fully saturated rings. The Balaban J connectivity index is 1.75. The molecular formula is C14H21ClN2O. The molecule has 1 aromatic rings. The van der Waals surface area contributed by atoms with Crippen LogP contribution < -0.4 is 5.32 Å². The van der Waals surface area contributed by atoms with Crippen molar-refractivity contribution in [1.82, 2.24) is 10.2 Å². The van der Waals surface area contributed by atoms with Crippen LogP contribution in [-0.2, 0) is 6.54 Å². The molecule has 1 saturated heterocycles. The van der Waals surface area contributed by atoms with Crippen LogP contribution in [0.2, 0.25) is 5.02 Å². The van der Waals surface area contributed by atoms with Crippen LogP contribution in [0.1, 0.15) is 25.3 Å². The third-order valence-corrected chi connectivity index (χ3v) is 3.85. The molecule has 0 radical (unpaired) electrons. The number of phenolic OH excluding ortho intramolecular Hbond substituents is 1. The molecule has 18 heavy (non-hydrogen) atoms. The molecule has 0 spiro atoms. The molecule has 1 heterocycles. The molecule has 100 valence electrons. The molecule has 0 bridgehead atoms. The standard InChI is InChI=1S/C14H21ClN2O/c1-11(17-6-2-3-7-17)9-16-10-12-4-5-14(18)13(15)8-12/h4-5,8,11,16,18H,2-3,6-7,9-10H2,1H3. The molecule has 1 aliphatic heterocycles. The van der Waals surface area contributed by atoms with Crippen molar-refractivity contribution in [2.45, 2.75) is 32.4 Å². The largest absolute Gasteiger partial charge is 0.506 e. The fourth-order valence-electron chi connectivity index (χ4n) is 2.40. The number of halogens is 1. The third kappa shape index (κ3) is 3.61. The van der Waals surface area contributed by atoms with Crippen molar-refractivity contribution in [3.8, 4) is 5.75 Å². The summed E-state index contributed by atoms with van der Waals surface area (Å²) in [6, 6.07) is 5.93. The zero-order valence-electron chi connectivity index (χ0n) is 10.8. The summed E-state index contributed by atoms with van der Waals surface area (Å²) in [5, 5.41) is 13.2. The van der Waals surface area contributed by atoms with Crippen molar-refractivity contribution < 1.29 is 5.11 Å². The fraction of sp³-hybridized carbons (Fsp3) is 0.571. The van der Waals surface area contributed by atoms with Crippen LogP contribution in [-0.4, -0.2) is 35.7 Å². The van der Waals surface area contributed by atoms with Gasteiger partial charge in [0.05, 0.1) is 5.02 Å². The first-order valence-electron chi connectivity index (χ1n) is 6.59. The van der Waals surface area contributed by atoms with Gasteiger partial charge >= 0.3 is 0 Å². The molecule has 0 saturated carbocycles. The van der Waals surface area contributed by atoms with Crippen molar-refractivity contribution in [3.05, 3.63) is 28.8 Å². The van der Waals surface area contributed by atoms with E-state index in [-0.39, 0.29) is 5.75 Å². The van der Waals surface area contributed by atoms with Gasteiger partial charge in [0.2, 0.25) is 0 Å². The molecular weight excluding hydrogens is 248 g/mol. The molecule has 0 aliphatic carbocycles. The van der Waals surface area contributed by atoms with Gasteiger partial charge in [-0.25, -0.2) is 0 Å². The van der Waals surface area contributed by atoms with Crippen molar-refractivity contribution >= 4 is 11.6 Å². The first-order valence-corrected chi connectivity index (χ1v) is 6.97. The quantitative estimate of drug-likeness (QED) is 0.862. The van der Waals surface area contributed by atoms with E-state index >= 15 is 0 Å². The van der Waals surface area contributed by atoms with E-state index in [0.29, 0.717) is 11.1 Å². The average molecular weight is 269 g/mol. The maximum atomic E-state index is 9.34. The third-order valence-electron chi connectivity index (χ3n) is 3.54. The smallest absolute Gasteiger partial charge is 0.134 e. The number of hydrogen-bond acceptors (Lipinski definition) is 3. The first-order chi connectivity index (χ1) is 8.66. The van der Waals surface area contributed by atoms with Gasteiger partial charge in [-0.15, -0.1) is 0 Å². The van der Waals surface area contributed by atoms with Crippen molar-refractivity contribution in [1.29, 1.82) is 0 Å². The number of nitrogens with zero attached hydrogens (tertiary/aromatic N) is 1. The summed E-state index contributed by atoms with van der Waals surface area (Å²) < 4.78 is 0. The van der Waals surface area contributed by atoms with E-state index < -0.39 is 0 Å². The average Bonchev–Trinajstić information content (AvgIpc) is 2.87. The molecule has 1 aromatic carbocycles. The van der Waals surface area contributed by atoms with E-state index in [2.05, 4.69) is 17.1 Å². The van der Waals surface area contributed by atoms with E-state index in [1.807, 2.05) is 12.1 Å². The van der Waals surface area contributed by atoms with Crippen LogP contribution in [0.25, 0.3) is 0 Å². The van der Waals surface area contributed by atoms with E-state index in [4.69, 9.17) is 11.6 Å². The van der Waals surface area contributed by atoms with Gasteiger partial charge in [-0.2, -0.15) is 0 Å². The summed E-state index contributed by atoms with van der Waals surface area (Å²) in [6.45, 7) is 6.50. The van der Waals surface area contributed by atoms with E-state index in [9.17, 15) is 5.11 Å². The van der Waals surface area contributed by atoms with Gasteiger partial charge in [0.15, 0.2) is 0 Å². The Morgan fingerprint density at radius 2 is 2.11 bits per heavy atom. The first kappa shape index (κ1) is 13.7. The lowest BCUT2D eigenvalue weighted by atomic mass is 10.2. The molecule has 3 nitrogen and oxygen atoms in total. The van der Waals surface area contributed by atoms with Gasteiger partial charge in [0.1, 0.15) is 5.75 Å². The monoisotopic (exact) mass is 268 g/mol. The van der Waals surface area contributed by atoms with Crippen LogP contribution in [0, 0.1) is 0 Å². The molecule has 2 N–H and O–H groups in total. The Hall–Kier alpha value is -0.770. The van der Waals surface area contributed by atoms with Gasteiger partial charge in [-0.3, -0.25) is 4.90 Å². The summed E-state index contributed by atoms with van der Waals surface area (Å²) >= 11 is 5.87. The van der Waals surface area contributed by atoms with Crippen LogP contribution in [0.3, 0.4) is 0 Å². The summed E-state index contributed by atoms with van der Waals surface area (Å²) in [4.78, 5) is 2.52. The Bertz CT molecular complexity index is 391. The molecule has 0 aromatic heterocycles. The molecule has 1 aliphatic rings. The Morgan fingerprint density at radius 3 is 2.78 bits per heavy atom. The lowest BCUT2D eigenvalue weighted by Gasteiger charge is -2.24. The lowest BCUT2D eigenvalue weighted by Crippen LogP contribution is -2.38. The topological polar surface area (TPSA) is 35.5 Å². The molecule has 1 unspecified atom stereocenters. The van der Waals surface area contributed by atoms with Crippen LogP contribution in [0.5, 0.6) is 5.75 Å². The number of nitrogens with one attached hydrogen (secondary N) is 1. The highest BCUT2D eigenvalue weighted by atomic mass is 35.5.